The molecule has 0 spiro atoms. The third-order valence-corrected chi connectivity index (χ3v) is 7.14. The molecule has 1 N–H and O–H groups in total. The average molecular weight is 471 g/mol. The fourth-order valence-electron chi connectivity index (χ4n) is 3.91. The molecule has 0 aliphatic carbocycles. The molecule has 4 rings (SSSR count). The summed E-state index contributed by atoms with van der Waals surface area (Å²) in [5.74, 6) is 0.141. The van der Waals surface area contributed by atoms with E-state index in [0.29, 0.717) is 10.6 Å². The average Bonchev–Trinajstić information content (AvgIpc) is 3.12. The number of benzene rings is 3. The van der Waals surface area contributed by atoms with Gasteiger partial charge in [-0.2, -0.15) is 0 Å². The number of sulfonamides is 1. The zero-order chi connectivity index (χ0) is 22.9. The van der Waals surface area contributed by atoms with Crippen molar-refractivity contribution in [3.8, 4) is 5.75 Å². The van der Waals surface area contributed by atoms with E-state index < -0.39 is 10.0 Å². The van der Waals surface area contributed by atoms with Gasteiger partial charge in [0.15, 0.2) is 0 Å². The predicted molar refractivity (Wildman–Crippen MR) is 125 cm³/mol. The molecule has 0 aromatic heterocycles. The summed E-state index contributed by atoms with van der Waals surface area (Å²) < 4.78 is 33.5. The molecular weight excluding hydrogens is 448 g/mol. The fraction of sp³-hybridized carbons (Fsp3) is 0.208. The molecule has 1 heterocycles. The topological polar surface area (TPSA) is 75.7 Å². The van der Waals surface area contributed by atoms with Gasteiger partial charge in [0.05, 0.1) is 7.11 Å². The number of fused-ring (bicyclic) bond motifs is 1. The van der Waals surface area contributed by atoms with E-state index in [1.807, 2.05) is 43.3 Å². The van der Waals surface area contributed by atoms with Crippen LogP contribution in [-0.2, 0) is 23.0 Å². The maximum absolute atomic E-state index is 13.1. The van der Waals surface area contributed by atoms with Gasteiger partial charge >= 0.3 is 0 Å². The van der Waals surface area contributed by atoms with E-state index in [0.717, 1.165) is 23.2 Å². The number of ether oxygens (including phenoxy) is 1. The van der Waals surface area contributed by atoms with Crippen LogP contribution in [0.5, 0.6) is 5.75 Å². The molecule has 6 nitrogen and oxygen atoms in total. The summed E-state index contributed by atoms with van der Waals surface area (Å²) in [6.07, 6.45) is 0.750. The number of hydrogen-bond donors (Lipinski definition) is 1. The smallest absolute Gasteiger partial charge is 0.258 e. The lowest BCUT2D eigenvalue weighted by Gasteiger charge is -2.23. The van der Waals surface area contributed by atoms with Gasteiger partial charge in [0, 0.05) is 28.9 Å². The lowest BCUT2D eigenvalue weighted by Crippen LogP contribution is -2.35. The minimum atomic E-state index is -3.86. The van der Waals surface area contributed by atoms with Crippen LogP contribution in [0.4, 0.5) is 5.69 Å². The Balaban J connectivity index is 1.58. The summed E-state index contributed by atoms with van der Waals surface area (Å²) in [6, 6.07) is 19.3. The minimum absolute atomic E-state index is 0.0142. The molecule has 3 aromatic rings. The molecular formula is C24H23ClN2O4S. The van der Waals surface area contributed by atoms with Crippen LogP contribution in [0, 0.1) is 0 Å². The van der Waals surface area contributed by atoms with Gasteiger partial charge < -0.3 is 9.64 Å². The highest BCUT2D eigenvalue weighted by Crippen LogP contribution is 2.34. The van der Waals surface area contributed by atoms with Gasteiger partial charge in [0.25, 0.3) is 5.91 Å². The van der Waals surface area contributed by atoms with Crippen LogP contribution in [0.3, 0.4) is 0 Å². The van der Waals surface area contributed by atoms with Crippen LogP contribution >= 0.6 is 11.6 Å². The molecule has 1 amide bonds. The molecule has 3 aromatic carbocycles. The number of anilines is 1. The van der Waals surface area contributed by atoms with Gasteiger partial charge in [-0.3, -0.25) is 4.79 Å². The number of hydrogen-bond acceptors (Lipinski definition) is 4. The highest BCUT2D eigenvalue weighted by molar-refractivity contribution is 7.89. The molecule has 0 fully saturated rings. The van der Waals surface area contributed by atoms with Crippen molar-refractivity contribution >= 4 is 33.2 Å². The maximum atomic E-state index is 13.1. The van der Waals surface area contributed by atoms with Crippen LogP contribution in [0.25, 0.3) is 0 Å². The Labute approximate surface area is 192 Å². The van der Waals surface area contributed by atoms with Gasteiger partial charge in [-0.1, -0.05) is 41.9 Å². The number of nitrogens with one attached hydrogen (secondary N) is 1. The van der Waals surface area contributed by atoms with E-state index in [4.69, 9.17) is 16.3 Å². The zero-order valence-corrected chi connectivity index (χ0v) is 19.3. The second-order valence-electron chi connectivity index (χ2n) is 7.68. The molecule has 1 aliphatic rings. The van der Waals surface area contributed by atoms with Crippen molar-refractivity contribution in [2.24, 2.45) is 0 Å². The van der Waals surface area contributed by atoms with E-state index in [-0.39, 0.29) is 29.1 Å². The molecule has 166 valence electrons. The number of carbonyl (C=O) groups is 1. The monoisotopic (exact) mass is 470 g/mol. The van der Waals surface area contributed by atoms with Gasteiger partial charge in [-0.15, -0.1) is 0 Å². The van der Waals surface area contributed by atoms with E-state index in [9.17, 15) is 13.2 Å². The maximum Gasteiger partial charge on any atom is 0.258 e. The summed E-state index contributed by atoms with van der Waals surface area (Å²) in [6.45, 7) is 2.07. The lowest BCUT2D eigenvalue weighted by atomic mass is 10.1. The largest absolute Gasteiger partial charge is 0.495 e. The minimum Gasteiger partial charge on any atom is -0.495 e. The van der Waals surface area contributed by atoms with Gasteiger partial charge in [-0.05, 0) is 60.9 Å². The number of halogens is 1. The van der Waals surface area contributed by atoms with Crippen molar-refractivity contribution in [3.05, 3.63) is 88.4 Å². The lowest BCUT2D eigenvalue weighted by molar-refractivity contribution is 0.0981. The molecule has 0 saturated heterocycles. The third kappa shape index (κ3) is 4.37. The number of nitrogens with zero attached hydrogens (tertiary/aromatic N) is 1. The normalized spacial score (nSPS) is 15.5. The van der Waals surface area contributed by atoms with Crippen LogP contribution in [0.2, 0.25) is 5.02 Å². The number of rotatable bonds is 6. The van der Waals surface area contributed by atoms with E-state index in [1.54, 1.807) is 23.1 Å². The predicted octanol–water partition coefficient (Wildman–Crippen LogP) is 4.42. The highest BCUT2D eigenvalue weighted by Gasteiger charge is 2.31. The summed E-state index contributed by atoms with van der Waals surface area (Å²) in [4.78, 5) is 14.9. The van der Waals surface area contributed by atoms with Crippen LogP contribution in [0.15, 0.2) is 71.6 Å². The Morgan fingerprint density at radius 1 is 1.12 bits per heavy atom. The number of methoxy groups -OCH3 is 1. The van der Waals surface area contributed by atoms with Gasteiger partial charge in [0.1, 0.15) is 10.6 Å². The van der Waals surface area contributed by atoms with Gasteiger partial charge in [0.2, 0.25) is 10.0 Å². The highest BCUT2D eigenvalue weighted by atomic mass is 35.5. The summed E-state index contributed by atoms with van der Waals surface area (Å²) in [5, 5.41) is 0.299. The SMILES string of the molecule is COc1ccc(Cl)cc1S(=O)(=O)NCc1ccc2c(c1)N(C(=O)c1ccccc1)[C@@H](C)C2. The molecule has 8 heteroatoms. The van der Waals surface area contributed by atoms with Crippen LogP contribution < -0.4 is 14.4 Å². The van der Waals surface area contributed by atoms with Gasteiger partial charge in [-0.25, -0.2) is 13.1 Å². The summed E-state index contributed by atoms with van der Waals surface area (Å²) >= 11 is 5.99. The molecule has 0 saturated carbocycles. The van der Waals surface area contributed by atoms with Crippen molar-refractivity contribution in [3.63, 3.8) is 0 Å². The standard InChI is InChI=1S/C24H23ClN2O4S/c1-16-12-19-9-8-17(13-21(19)27(16)24(28)18-6-4-3-5-7-18)15-26-32(29,30)23-14-20(25)10-11-22(23)31-2/h3-11,13-14,16,26H,12,15H2,1-2H3/t16-/m0/s1. The van der Waals surface area contributed by atoms with Crippen molar-refractivity contribution in [1.29, 1.82) is 0 Å². The first-order chi connectivity index (χ1) is 15.3. The first-order valence-corrected chi connectivity index (χ1v) is 12.0. The molecule has 1 atom stereocenters. The first kappa shape index (κ1) is 22.3. The quantitative estimate of drug-likeness (QED) is 0.578. The van der Waals surface area contributed by atoms with Crippen LogP contribution in [-0.4, -0.2) is 27.5 Å². The molecule has 0 radical (unpaired) electrons. The summed E-state index contributed by atoms with van der Waals surface area (Å²) in [7, 11) is -2.46. The molecule has 32 heavy (non-hydrogen) atoms. The third-order valence-electron chi connectivity index (χ3n) is 5.49. The van der Waals surface area contributed by atoms with Crippen molar-refractivity contribution in [2.75, 3.05) is 12.0 Å². The van der Waals surface area contributed by atoms with E-state index >= 15 is 0 Å². The Bertz CT molecular complexity index is 1260. The Morgan fingerprint density at radius 2 is 1.88 bits per heavy atom. The second-order valence-corrected chi connectivity index (χ2v) is 9.85. The van der Waals surface area contributed by atoms with Crippen molar-refractivity contribution in [2.45, 2.75) is 30.8 Å². The van der Waals surface area contributed by atoms with Crippen molar-refractivity contribution < 1.29 is 17.9 Å². The Morgan fingerprint density at radius 3 is 2.59 bits per heavy atom. The fourth-order valence-corrected chi connectivity index (χ4v) is 5.36. The van der Waals surface area contributed by atoms with E-state index in [2.05, 4.69) is 4.72 Å². The zero-order valence-electron chi connectivity index (χ0n) is 17.7. The van der Waals surface area contributed by atoms with Crippen molar-refractivity contribution in [1.82, 2.24) is 4.72 Å². The van der Waals surface area contributed by atoms with E-state index in [1.165, 1.54) is 19.2 Å². The first-order valence-electron chi connectivity index (χ1n) is 10.1. The molecule has 1 aliphatic heterocycles. The Hall–Kier alpha value is -2.87. The Kier molecular flexibility index (Phi) is 6.24. The molecule has 0 bridgehead atoms. The summed E-state index contributed by atoms with van der Waals surface area (Å²) in [5.41, 5.74) is 3.23. The molecule has 0 unspecified atom stereocenters. The van der Waals surface area contributed by atoms with Crippen LogP contribution in [0.1, 0.15) is 28.4 Å². The number of amides is 1. The second kappa shape index (κ2) is 8.94. The number of carbonyl (C=O) groups excluding carboxylic acids is 1.